The van der Waals surface area contributed by atoms with Crippen molar-refractivity contribution in [2.24, 2.45) is 0 Å². The zero-order valence-electron chi connectivity index (χ0n) is 15.2. The molecule has 7 heteroatoms. The van der Waals surface area contributed by atoms with Gasteiger partial charge in [-0.05, 0) is 48.9 Å². The molecular weight excluding hydrogens is 350 g/mol. The highest BCUT2D eigenvalue weighted by Gasteiger charge is 2.10. The number of benzene rings is 2. The molecule has 0 saturated carbocycles. The molecule has 0 fully saturated rings. The summed E-state index contributed by atoms with van der Waals surface area (Å²) in [6.07, 6.45) is 1.43. The van der Waals surface area contributed by atoms with Crippen LogP contribution in [0.4, 0.5) is 5.69 Å². The molecule has 0 radical (unpaired) electrons. The van der Waals surface area contributed by atoms with Crippen molar-refractivity contribution in [1.29, 1.82) is 0 Å². The van der Waals surface area contributed by atoms with Gasteiger partial charge in [0.1, 0.15) is 6.29 Å². The first kappa shape index (κ1) is 20.0. The Balaban J connectivity index is 1.92. The van der Waals surface area contributed by atoms with Crippen LogP contribution >= 0.6 is 0 Å². The maximum Gasteiger partial charge on any atom is 0.338 e. The average molecular weight is 371 g/mol. The van der Waals surface area contributed by atoms with Gasteiger partial charge in [0.2, 0.25) is 0 Å². The van der Waals surface area contributed by atoms with Crippen LogP contribution in [0.15, 0.2) is 42.5 Å². The number of aldehydes is 1. The Morgan fingerprint density at radius 3 is 2.44 bits per heavy atom. The Hall–Kier alpha value is -3.35. The Bertz CT molecular complexity index is 801. The van der Waals surface area contributed by atoms with E-state index in [1.165, 1.54) is 13.2 Å². The number of rotatable bonds is 9. The molecule has 0 aliphatic heterocycles. The van der Waals surface area contributed by atoms with Gasteiger partial charge in [-0.25, -0.2) is 4.79 Å². The van der Waals surface area contributed by atoms with Crippen LogP contribution in [0.1, 0.15) is 34.1 Å². The van der Waals surface area contributed by atoms with E-state index < -0.39 is 11.9 Å². The second-order valence-electron chi connectivity index (χ2n) is 5.58. The van der Waals surface area contributed by atoms with Crippen molar-refractivity contribution in [3.05, 3.63) is 53.6 Å². The minimum Gasteiger partial charge on any atom is -0.493 e. The van der Waals surface area contributed by atoms with E-state index in [0.29, 0.717) is 41.2 Å². The minimum atomic E-state index is -0.403. The van der Waals surface area contributed by atoms with Crippen LogP contribution in [0, 0.1) is 0 Å². The first-order valence-corrected chi connectivity index (χ1v) is 8.40. The Morgan fingerprint density at radius 2 is 1.81 bits per heavy atom. The highest BCUT2D eigenvalue weighted by molar-refractivity contribution is 5.93. The molecule has 0 saturated heterocycles. The van der Waals surface area contributed by atoms with E-state index in [0.717, 1.165) is 6.42 Å². The fraction of sp³-hybridized carbons (Fsp3) is 0.250. The predicted octanol–water partition coefficient (Wildman–Crippen LogP) is 3.09. The molecule has 0 atom stereocenters. The van der Waals surface area contributed by atoms with E-state index in [9.17, 15) is 14.4 Å². The van der Waals surface area contributed by atoms with E-state index >= 15 is 0 Å². The molecule has 2 rings (SSSR count). The fourth-order valence-electron chi connectivity index (χ4n) is 2.19. The van der Waals surface area contributed by atoms with Crippen LogP contribution in [-0.2, 0) is 9.53 Å². The summed E-state index contributed by atoms with van der Waals surface area (Å²) in [6, 6.07) is 11.0. The second kappa shape index (κ2) is 9.96. The standard InChI is InChI=1S/C20H21NO6/c1-3-10-26-20(24)15-5-7-16(8-6-15)21-19(23)13-27-18-11-14(12-22)4-9-17(18)25-2/h4-9,11-12H,3,10,13H2,1-2H3,(H,21,23). The second-order valence-corrected chi connectivity index (χ2v) is 5.58. The van der Waals surface area contributed by atoms with Crippen molar-refractivity contribution in [2.45, 2.75) is 13.3 Å². The van der Waals surface area contributed by atoms with Crippen molar-refractivity contribution in [3.8, 4) is 11.5 Å². The number of nitrogens with one attached hydrogen (secondary N) is 1. The number of carbonyl (C=O) groups is 3. The van der Waals surface area contributed by atoms with Crippen molar-refractivity contribution < 1.29 is 28.6 Å². The van der Waals surface area contributed by atoms with E-state index in [1.807, 2.05) is 6.92 Å². The first-order chi connectivity index (χ1) is 13.1. The molecule has 2 aromatic carbocycles. The van der Waals surface area contributed by atoms with Gasteiger partial charge in [-0.1, -0.05) is 6.92 Å². The van der Waals surface area contributed by atoms with Crippen LogP contribution in [0.2, 0.25) is 0 Å². The molecule has 0 heterocycles. The molecule has 142 valence electrons. The van der Waals surface area contributed by atoms with E-state index in [1.54, 1.807) is 36.4 Å². The Kier molecular flexibility index (Phi) is 7.37. The summed E-state index contributed by atoms with van der Waals surface area (Å²) in [5, 5.41) is 2.66. The fourth-order valence-corrected chi connectivity index (χ4v) is 2.19. The van der Waals surface area contributed by atoms with Crippen molar-refractivity contribution in [1.82, 2.24) is 0 Å². The lowest BCUT2D eigenvalue weighted by atomic mass is 10.2. The van der Waals surface area contributed by atoms with Gasteiger partial charge in [-0.15, -0.1) is 0 Å². The molecule has 1 N–H and O–H groups in total. The van der Waals surface area contributed by atoms with Gasteiger partial charge in [0, 0.05) is 11.3 Å². The number of hydrogen-bond donors (Lipinski definition) is 1. The molecule has 27 heavy (non-hydrogen) atoms. The monoisotopic (exact) mass is 371 g/mol. The molecule has 0 unspecified atom stereocenters. The van der Waals surface area contributed by atoms with Crippen LogP contribution < -0.4 is 14.8 Å². The molecular formula is C20H21NO6. The number of anilines is 1. The summed E-state index contributed by atoms with van der Waals surface area (Å²) in [7, 11) is 1.47. The van der Waals surface area contributed by atoms with Crippen LogP contribution in [0.25, 0.3) is 0 Å². The lowest BCUT2D eigenvalue weighted by molar-refractivity contribution is -0.118. The maximum absolute atomic E-state index is 12.1. The van der Waals surface area contributed by atoms with E-state index in [-0.39, 0.29) is 6.61 Å². The number of amides is 1. The lowest BCUT2D eigenvalue weighted by Crippen LogP contribution is -2.20. The highest BCUT2D eigenvalue weighted by atomic mass is 16.5. The normalized spacial score (nSPS) is 10.0. The summed E-state index contributed by atoms with van der Waals surface area (Å²) in [6.45, 7) is 2.02. The topological polar surface area (TPSA) is 90.9 Å². The number of methoxy groups -OCH3 is 1. The maximum atomic E-state index is 12.1. The van der Waals surface area contributed by atoms with Crippen molar-refractivity contribution >= 4 is 23.9 Å². The van der Waals surface area contributed by atoms with Gasteiger partial charge < -0.3 is 19.5 Å². The average Bonchev–Trinajstić information content (AvgIpc) is 2.70. The van der Waals surface area contributed by atoms with E-state index in [4.69, 9.17) is 14.2 Å². The Labute approximate surface area is 157 Å². The minimum absolute atomic E-state index is 0.265. The smallest absolute Gasteiger partial charge is 0.338 e. The number of esters is 1. The van der Waals surface area contributed by atoms with E-state index in [2.05, 4.69) is 5.32 Å². The van der Waals surface area contributed by atoms with Gasteiger partial charge in [-0.3, -0.25) is 9.59 Å². The number of hydrogen-bond acceptors (Lipinski definition) is 6. The molecule has 0 aliphatic rings. The molecule has 7 nitrogen and oxygen atoms in total. The molecule has 0 spiro atoms. The third-order valence-electron chi connectivity index (χ3n) is 3.52. The van der Waals surface area contributed by atoms with Gasteiger partial charge in [0.15, 0.2) is 18.1 Å². The number of ether oxygens (including phenoxy) is 3. The zero-order valence-corrected chi connectivity index (χ0v) is 15.2. The molecule has 2 aromatic rings. The van der Waals surface area contributed by atoms with Crippen molar-refractivity contribution in [3.63, 3.8) is 0 Å². The third-order valence-corrected chi connectivity index (χ3v) is 3.52. The van der Waals surface area contributed by atoms with Crippen molar-refractivity contribution in [2.75, 3.05) is 25.6 Å². The quantitative estimate of drug-likeness (QED) is 0.538. The summed E-state index contributed by atoms with van der Waals surface area (Å²) in [5.74, 6) is -0.0790. The molecule has 1 amide bonds. The van der Waals surface area contributed by atoms with Gasteiger partial charge >= 0.3 is 5.97 Å². The zero-order chi connectivity index (χ0) is 19.6. The highest BCUT2D eigenvalue weighted by Crippen LogP contribution is 2.27. The summed E-state index contributed by atoms with van der Waals surface area (Å²) in [5.41, 5.74) is 1.34. The van der Waals surface area contributed by atoms with Gasteiger partial charge in [0.05, 0.1) is 19.3 Å². The summed E-state index contributed by atoms with van der Waals surface area (Å²) >= 11 is 0. The SMILES string of the molecule is CCCOC(=O)c1ccc(NC(=O)COc2cc(C=O)ccc2OC)cc1. The van der Waals surface area contributed by atoms with Crippen LogP contribution in [0.3, 0.4) is 0 Å². The third kappa shape index (κ3) is 5.85. The molecule has 0 bridgehead atoms. The van der Waals surface area contributed by atoms with Gasteiger partial charge in [0.25, 0.3) is 5.91 Å². The first-order valence-electron chi connectivity index (χ1n) is 8.40. The van der Waals surface area contributed by atoms with Crippen LogP contribution in [0.5, 0.6) is 11.5 Å². The predicted molar refractivity (Wildman–Crippen MR) is 99.5 cm³/mol. The molecule has 0 aromatic heterocycles. The van der Waals surface area contributed by atoms with Gasteiger partial charge in [-0.2, -0.15) is 0 Å². The largest absolute Gasteiger partial charge is 0.493 e. The lowest BCUT2D eigenvalue weighted by Gasteiger charge is -2.11. The summed E-state index contributed by atoms with van der Waals surface area (Å²) < 4.78 is 15.6. The van der Waals surface area contributed by atoms with Crippen LogP contribution in [-0.4, -0.2) is 38.5 Å². The summed E-state index contributed by atoms with van der Waals surface area (Å²) in [4.78, 5) is 34.7. The Morgan fingerprint density at radius 1 is 1.07 bits per heavy atom. The number of carbonyl (C=O) groups excluding carboxylic acids is 3. The molecule has 0 aliphatic carbocycles.